The highest BCUT2D eigenvalue weighted by Crippen LogP contribution is 2.39. The summed E-state index contributed by atoms with van der Waals surface area (Å²) in [6.07, 6.45) is 2.24. The van der Waals surface area contributed by atoms with Crippen molar-refractivity contribution in [3.8, 4) is 5.75 Å². The van der Waals surface area contributed by atoms with Gasteiger partial charge in [0.1, 0.15) is 23.3 Å². The summed E-state index contributed by atoms with van der Waals surface area (Å²) in [5.74, 6) is 0.382. The van der Waals surface area contributed by atoms with Crippen LogP contribution >= 0.6 is 11.6 Å². The number of ether oxygens (including phenoxy) is 2. The molecule has 0 radical (unpaired) electrons. The monoisotopic (exact) mass is 537 g/mol. The van der Waals surface area contributed by atoms with E-state index in [0.29, 0.717) is 53.6 Å². The van der Waals surface area contributed by atoms with Crippen LogP contribution in [0.4, 0.5) is 0 Å². The van der Waals surface area contributed by atoms with Gasteiger partial charge < -0.3 is 24.1 Å². The second-order valence-corrected chi connectivity index (χ2v) is 9.65. The lowest BCUT2D eigenvalue weighted by atomic mass is 9.96. The zero-order chi connectivity index (χ0) is 26.7. The van der Waals surface area contributed by atoms with Crippen molar-refractivity contribution in [1.82, 2.24) is 15.1 Å². The van der Waals surface area contributed by atoms with E-state index in [9.17, 15) is 14.4 Å². The Bertz CT molecular complexity index is 1300. The molecule has 3 amide bonds. The van der Waals surface area contributed by atoms with E-state index in [1.54, 1.807) is 77.6 Å². The number of piperidine rings is 1. The number of hydrogen-bond acceptors (Lipinski definition) is 6. The summed E-state index contributed by atoms with van der Waals surface area (Å²) in [6.45, 7) is 0.929. The maximum atomic E-state index is 13.9. The van der Waals surface area contributed by atoms with Crippen molar-refractivity contribution in [3.63, 3.8) is 0 Å². The molecule has 10 heteroatoms. The molecule has 0 saturated carbocycles. The molecule has 2 aliphatic heterocycles. The Kier molecular flexibility index (Phi) is 7.40. The maximum Gasteiger partial charge on any atom is 0.256 e. The second-order valence-electron chi connectivity index (χ2n) is 9.25. The van der Waals surface area contributed by atoms with Crippen molar-refractivity contribution >= 4 is 29.3 Å². The zero-order valence-corrected chi connectivity index (χ0v) is 21.6. The first-order chi connectivity index (χ1) is 18.4. The van der Waals surface area contributed by atoms with Crippen molar-refractivity contribution in [1.29, 1.82) is 0 Å². The van der Waals surface area contributed by atoms with Gasteiger partial charge in [-0.25, -0.2) is 0 Å². The van der Waals surface area contributed by atoms with Crippen molar-refractivity contribution < 1.29 is 28.3 Å². The molecule has 1 spiro atoms. The predicted molar refractivity (Wildman–Crippen MR) is 139 cm³/mol. The van der Waals surface area contributed by atoms with E-state index in [2.05, 4.69) is 5.32 Å². The normalized spacial score (nSPS) is 18.4. The van der Waals surface area contributed by atoms with Gasteiger partial charge in [0.2, 0.25) is 5.91 Å². The molecule has 1 N–H and O–H groups in total. The molecule has 0 aliphatic carbocycles. The minimum atomic E-state index is -1.03. The Hall–Kier alpha value is -3.82. The SMILES string of the molecule is COc1ccc(C(=O)N2C(C(=O)NCc3ccco3)COC23CCN(C(=O)c2ccccc2Cl)CC3)cc1. The Labute approximate surface area is 225 Å². The van der Waals surface area contributed by atoms with Gasteiger partial charge >= 0.3 is 0 Å². The topological polar surface area (TPSA) is 101 Å². The molecule has 3 aromatic rings. The number of carbonyl (C=O) groups excluding carboxylic acids is 3. The van der Waals surface area contributed by atoms with E-state index >= 15 is 0 Å². The van der Waals surface area contributed by atoms with Crippen LogP contribution in [0, 0.1) is 0 Å². The number of benzene rings is 2. The lowest BCUT2D eigenvalue weighted by Crippen LogP contribution is -2.59. The molecule has 9 nitrogen and oxygen atoms in total. The number of hydrogen-bond donors (Lipinski definition) is 1. The van der Waals surface area contributed by atoms with Gasteiger partial charge in [-0.15, -0.1) is 0 Å². The Morgan fingerprint density at radius 2 is 1.76 bits per heavy atom. The smallest absolute Gasteiger partial charge is 0.256 e. The lowest BCUT2D eigenvalue weighted by molar-refractivity contribution is -0.128. The van der Waals surface area contributed by atoms with E-state index in [1.807, 2.05) is 0 Å². The summed E-state index contributed by atoms with van der Waals surface area (Å²) in [5, 5.41) is 3.24. The van der Waals surface area contributed by atoms with E-state index in [0.717, 1.165) is 0 Å². The summed E-state index contributed by atoms with van der Waals surface area (Å²) in [6, 6.07) is 16.3. The number of methoxy groups -OCH3 is 1. The summed E-state index contributed by atoms with van der Waals surface area (Å²) in [7, 11) is 1.55. The molecule has 1 atom stereocenters. The largest absolute Gasteiger partial charge is 0.497 e. The van der Waals surface area contributed by atoms with Gasteiger partial charge in [-0.1, -0.05) is 23.7 Å². The molecular formula is C28H28ClN3O6. The van der Waals surface area contributed by atoms with Crippen LogP contribution in [0.3, 0.4) is 0 Å². The fraction of sp³-hybridized carbons (Fsp3) is 0.321. The van der Waals surface area contributed by atoms with Gasteiger partial charge in [0.05, 0.1) is 37.1 Å². The number of nitrogens with one attached hydrogen (secondary N) is 1. The third-order valence-corrected chi connectivity index (χ3v) is 7.40. The van der Waals surface area contributed by atoms with Crippen LogP contribution < -0.4 is 10.1 Å². The van der Waals surface area contributed by atoms with Crippen molar-refractivity contribution in [2.24, 2.45) is 0 Å². The van der Waals surface area contributed by atoms with Crippen LogP contribution in [-0.4, -0.2) is 66.1 Å². The summed E-state index contributed by atoms with van der Waals surface area (Å²) in [4.78, 5) is 43.5. The van der Waals surface area contributed by atoms with E-state index < -0.39 is 11.8 Å². The summed E-state index contributed by atoms with van der Waals surface area (Å²) >= 11 is 6.25. The first-order valence-corrected chi connectivity index (χ1v) is 12.8. The highest BCUT2D eigenvalue weighted by molar-refractivity contribution is 6.33. The predicted octanol–water partition coefficient (Wildman–Crippen LogP) is 3.73. The average Bonchev–Trinajstić information content (AvgIpc) is 3.60. The number of furan rings is 1. The highest BCUT2D eigenvalue weighted by Gasteiger charge is 2.54. The molecule has 2 aromatic carbocycles. The first kappa shape index (κ1) is 25.8. The Morgan fingerprint density at radius 1 is 1.03 bits per heavy atom. The first-order valence-electron chi connectivity index (χ1n) is 12.4. The number of nitrogens with zero attached hydrogens (tertiary/aromatic N) is 2. The minimum Gasteiger partial charge on any atom is -0.497 e. The molecule has 1 unspecified atom stereocenters. The summed E-state index contributed by atoms with van der Waals surface area (Å²) in [5.41, 5.74) is -0.186. The van der Waals surface area contributed by atoms with Gasteiger partial charge in [-0.2, -0.15) is 0 Å². The molecule has 5 rings (SSSR count). The van der Waals surface area contributed by atoms with Crippen molar-refractivity contribution in [2.75, 3.05) is 26.8 Å². The number of rotatable bonds is 6. The maximum absolute atomic E-state index is 13.9. The lowest BCUT2D eigenvalue weighted by Gasteiger charge is -2.44. The number of likely N-dealkylation sites (tertiary alicyclic amines) is 1. The standard InChI is InChI=1S/C28H28ClN3O6/c1-36-20-10-8-19(9-11-20)26(34)32-24(25(33)30-17-21-5-4-16-37-21)18-38-28(32)12-14-31(15-13-28)27(35)22-6-2-3-7-23(22)29/h2-11,16,24H,12-15,17-18H2,1H3,(H,30,33). The molecule has 3 heterocycles. The van der Waals surface area contributed by atoms with E-state index in [1.165, 1.54) is 6.26 Å². The van der Waals surface area contributed by atoms with Crippen LogP contribution in [0.5, 0.6) is 5.75 Å². The third kappa shape index (κ3) is 4.99. The van der Waals surface area contributed by atoms with Crippen LogP contribution in [-0.2, 0) is 16.1 Å². The fourth-order valence-electron chi connectivity index (χ4n) is 5.01. The third-order valence-electron chi connectivity index (χ3n) is 7.07. The number of carbonyl (C=O) groups is 3. The molecule has 0 bridgehead atoms. The van der Waals surface area contributed by atoms with Gasteiger partial charge in [0, 0.05) is 31.5 Å². The molecular weight excluding hydrogens is 510 g/mol. The van der Waals surface area contributed by atoms with E-state index in [4.69, 9.17) is 25.5 Å². The number of amides is 3. The summed E-state index contributed by atoms with van der Waals surface area (Å²) < 4.78 is 16.8. The molecule has 2 aliphatic rings. The van der Waals surface area contributed by atoms with Crippen LogP contribution in [0.2, 0.25) is 5.02 Å². The molecule has 38 heavy (non-hydrogen) atoms. The van der Waals surface area contributed by atoms with Gasteiger partial charge in [0.15, 0.2) is 0 Å². The van der Waals surface area contributed by atoms with E-state index in [-0.39, 0.29) is 30.9 Å². The van der Waals surface area contributed by atoms with Crippen molar-refractivity contribution in [2.45, 2.75) is 31.2 Å². The molecule has 2 fully saturated rings. The molecule has 2 saturated heterocycles. The van der Waals surface area contributed by atoms with Gasteiger partial charge in [-0.3, -0.25) is 19.3 Å². The van der Waals surface area contributed by atoms with Crippen LogP contribution in [0.15, 0.2) is 71.3 Å². The fourth-order valence-corrected chi connectivity index (χ4v) is 5.23. The average molecular weight is 538 g/mol. The van der Waals surface area contributed by atoms with Crippen LogP contribution in [0.1, 0.15) is 39.3 Å². The quantitative estimate of drug-likeness (QED) is 0.514. The van der Waals surface area contributed by atoms with Crippen LogP contribution in [0.25, 0.3) is 0 Å². The molecule has 1 aromatic heterocycles. The minimum absolute atomic E-state index is 0.0460. The highest BCUT2D eigenvalue weighted by atomic mass is 35.5. The van der Waals surface area contributed by atoms with Gasteiger partial charge in [0.25, 0.3) is 11.8 Å². The second kappa shape index (κ2) is 10.9. The zero-order valence-electron chi connectivity index (χ0n) is 20.9. The van der Waals surface area contributed by atoms with Gasteiger partial charge in [-0.05, 0) is 48.5 Å². The molecule has 198 valence electrons. The Balaban J connectivity index is 1.37. The number of halogens is 1. The Morgan fingerprint density at radius 3 is 2.42 bits per heavy atom. The van der Waals surface area contributed by atoms with Crippen molar-refractivity contribution in [3.05, 3.63) is 88.8 Å².